The second kappa shape index (κ2) is 2.86. The third-order valence-corrected chi connectivity index (χ3v) is 2.91. The van der Waals surface area contributed by atoms with Gasteiger partial charge in [-0.1, -0.05) is 0 Å². The summed E-state index contributed by atoms with van der Waals surface area (Å²) >= 11 is 0. The highest BCUT2D eigenvalue weighted by atomic mass is 19.4. The van der Waals surface area contributed by atoms with E-state index in [1.54, 1.807) is 0 Å². The van der Waals surface area contributed by atoms with E-state index in [1.807, 2.05) is 0 Å². The average Bonchev–Trinajstić information content (AvgIpc) is 2.75. The Morgan fingerprint density at radius 2 is 1.87 bits per heavy atom. The van der Waals surface area contributed by atoms with Gasteiger partial charge < -0.3 is 10.6 Å². The van der Waals surface area contributed by atoms with Crippen molar-refractivity contribution in [2.45, 2.75) is 31.1 Å². The fourth-order valence-corrected chi connectivity index (χ4v) is 2.15. The molecule has 0 aromatic rings. The zero-order chi connectivity index (χ0) is 11.4. The number of nitrogens with two attached hydrogens (primary N) is 1. The number of piperidine rings is 1. The first-order valence-electron chi connectivity index (χ1n) is 4.51. The van der Waals surface area contributed by atoms with Crippen LogP contribution < -0.4 is 5.73 Å². The van der Waals surface area contributed by atoms with Gasteiger partial charge in [-0.05, 0) is 18.8 Å². The molecule has 0 unspecified atom stereocenters. The van der Waals surface area contributed by atoms with Gasteiger partial charge in [0.05, 0.1) is 0 Å². The largest absolute Gasteiger partial charge is 0.471 e. The molecule has 0 radical (unpaired) electrons. The highest BCUT2D eigenvalue weighted by molar-refractivity contribution is 5.90. The molecule has 2 N–H and O–H groups in total. The Balaban J connectivity index is 2.19. The Morgan fingerprint density at radius 1 is 1.27 bits per heavy atom. The molecule has 1 aliphatic heterocycles. The molecular formula is C8H9F3N2O2. The number of nitrogens with zero attached hydrogens (tertiary/aromatic N) is 1. The molecule has 2 fully saturated rings. The van der Waals surface area contributed by atoms with Gasteiger partial charge in [0.25, 0.3) is 0 Å². The summed E-state index contributed by atoms with van der Waals surface area (Å²) < 4.78 is 36.6. The lowest BCUT2D eigenvalue weighted by Gasteiger charge is -2.25. The van der Waals surface area contributed by atoms with E-state index in [2.05, 4.69) is 0 Å². The van der Waals surface area contributed by atoms with Crippen LogP contribution in [0.5, 0.6) is 0 Å². The van der Waals surface area contributed by atoms with Crippen LogP contribution in [0.15, 0.2) is 0 Å². The molecule has 0 bridgehead atoms. The van der Waals surface area contributed by atoms with E-state index >= 15 is 0 Å². The summed E-state index contributed by atoms with van der Waals surface area (Å²) in [6.45, 7) is 0. The summed E-state index contributed by atoms with van der Waals surface area (Å²) in [5.74, 6) is -2.79. The first kappa shape index (κ1) is 10.3. The van der Waals surface area contributed by atoms with E-state index in [-0.39, 0.29) is 12.3 Å². The molecule has 4 nitrogen and oxygen atoms in total. The van der Waals surface area contributed by atoms with E-state index in [0.717, 1.165) is 0 Å². The predicted molar refractivity (Wildman–Crippen MR) is 42.4 cm³/mol. The first-order chi connectivity index (χ1) is 6.82. The summed E-state index contributed by atoms with van der Waals surface area (Å²) in [5, 5.41) is 0. The normalized spacial score (nSPS) is 33.8. The van der Waals surface area contributed by atoms with Crippen LogP contribution in [0.25, 0.3) is 0 Å². The maximum atomic E-state index is 12.2. The maximum absolute atomic E-state index is 12.2. The van der Waals surface area contributed by atoms with Crippen LogP contribution in [0.1, 0.15) is 12.8 Å². The van der Waals surface area contributed by atoms with Gasteiger partial charge in [0.15, 0.2) is 0 Å². The van der Waals surface area contributed by atoms with Crippen molar-refractivity contribution in [3.8, 4) is 0 Å². The Hall–Kier alpha value is -1.27. The SMILES string of the molecule is NC(=O)[C@@H]1C[C@@H]2C[C@@H]2N1C(=O)C(F)(F)F. The van der Waals surface area contributed by atoms with E-state index in [9.17, 15) is 22.8 Å². The molecule has 1 saturated carbocycles. The highest BCUT2D eigenvalue weighted by Crippen LogP contribution is 2.48. The standard InChI is InChI=1S/C8H9F3N2O2/c9-8(10,11)7(15)13-4-1-3(4)2-5(13)6(12)14/h3-5H,1-2H2,(H2,12,14)/t3-,4-,5-/m0/s1. The molecule has 7 heteroatoms. The van der Waals surface area contributed by atoms with Crippen LogP contribution in [-0.2, 0) is 9.59 Å². The van der Waals surface area contributed by atoms with Crippen LogP contribution in [0, 0.1) is 5.92 Å². The first-order valence-corrected chi connectivity index (χ1v) is 4.51. The number of carbonyl (C=O) groups excluding carboxylic acids is 2. The molecule has 2 aliphatic rings. The second-order valence-corrected chi connectivity index (χ2v) is 3.93. The minimum Gasteiger partial charge on any atom is -0.368 e. The molecule has 0 aromatic heterocycles. The predicted octanol–water partition coefficient (Wildman–Crippen LogP) is 0.0234. The molecule has 1 aliphatic carbocycles. The lowest BCUT2D eigenvalue weighted by molar-refractivity contribution is -0.187. The van der Waals surface area contributed by atoms with Crippen molar-refractivity contribution in [1.29, 1.82) is 0 Å². The summed E-state index contributed by atoms with van der Waals surface area (Å²) in [6.07, 6.45) is -4.11. The molecule has 84 valence electrons. The molecule has 1 heterocycles. The zero-order valence-corrected chi connectivity index (χ0v) is 7.62. The Morgan fingerprint density at radius 3 is 2.33 bits per heavy atom. The van der Waals surface area contributed by atoms with Gasteiger partial charge in [0.2, 0.25) is 5.91 Å². The van der Waals surface area contributed by atoms with Crippen molar-refractivity contribution >= 4 is 11.8 Å². The van der Waals surface area contributed by atoms with Gasteiger partial charge in [-0.25, -0.2) is 0 Å². The topological polar surface area (TPSA) is 63.4 Å². The Kier molecular flexibility index (Phi) is 1.96. The van der Waals surface area contributed by atoms with Gasteiger partial charge in [0, 0.05) is 6.04 Å². The van der Waals surface area contributed by atoms with Gasteiger partial charge in [-0.15, -0.1) is 0 Å². The third kappa shape index (κ3) is 1.55. The highest BCUT2D eigenvalue weighted by Gasteiger charge is 2.60. The average molecular weight is 222 g/mol. The second-order valence-electron chi connectivity index (χ2n) is 3.93. The number of amides is 2. The molecule has 2 rings (SSSR count). The number of carbonyl (C=O) groups is 2. The number of hydrogen-bond acceptors (Lipinski definition) is 2. The summed E-state index contributed by atoms with van der Waals surface area (Å²) in [7, 11) is 0. The lowest BCUT2D eigenvalue weighted by atomic mass is 10.1. The summed E-state index contributed by atoms with van der Waals surface area (Å²) in [4.78, 5) is 22.5. The fraction of sp³-hybridized carbons (Fsp3) is 0.750. The van der Waals surface area contributed by atoms with Crippen LogP contribution in [0.3, 0.4) is 0 Å². The van der Waals surface area contributed by atoms with Crippen molar-refractivity contribution in [2.75, 3.05) is 0 Å². The Bertz CT molecular complexity index is 328. The molecular weight excluding hydrogens is 213 g/mol. The Labute approximate surface area is 83.2 Å². The van der Waals surface area contributed by atoms with E-state index in [0.29, 0.717) is 11.3 Å². The molecule has 0 spiro atoms. The number of likely N-dealkylation sites (tertiary alicyclic amines) is 1. The van der Waals surface area contributed by atoms with Crippen molar-refractivity contribution in [3.05, 3.63) is 0 Å². The quantitative estimate of drug-likeness (QED) is 0.680. The lowest BCUT2D eigenvalue weighted by Crippen LogP contribution is -2.50. The van der Waals surface area contributed by atoms with Crippen molar-refractivity contribution in [1.82, 2.24) is 4.90 Å². The number of primary amides is 1. The smallest absolute Gasteiger partial charge is 0.368 e. The van der Waals surface area contributed by atoms with Crippen molar-refractivity contribution in [3.63, 3.8) is 0 Å². The van der Waals surface area contributed by atoms with Crippen LogP contribution in [0.2, 0.25) is 0 Å². The van der Waals surface area contributed by atoms with E-state index in [4.69, 9.17) is 5.73 Å². The van der Waals surface area contributed by atoms with Crippen LogP contribution >= 0.6 is 0 Å². The number of rotatable bonds is 1. The number of fused-ring (bicyclic) bond motifs is 1. The van der Waals surface area contributed by atoms with Gasteiger partial charge >= 0.3 is 12.1 Å². The van der Waals surface area contributed by atoms with E-state index in [1.165, 1.54) is 0 Å². The van der Waals surface area contributed by atoms with Crippen molar-refractivity contribution < 1.29 is 22.8 Å². The number of halogens is 3. The maximum Gasteiger partial charge on any atom is 0.471 e. The third-order valence-electron chi connectivity index (χ3n) is 2.91. The fourth-order valence-electron chi connectivity index (χ4n) is 2.15. The minimum absolute atomic E-state index is 0.0220. The summed E-state index contributed by atoms with van der Waals surface area (Å²) in [6, 6.07) is -1.51. The van der Waals surface area contributed by atoms with Gasteiger partial charge in [-0.3, -0.25) is 9.59 Å². The molecule has 3 atom stereocenters. The molecule has 15 heavy (non-hydrogen) atoms. The molecule has 1 saturated heterocycles. The van der Waals surface area contributed by atoms with Crippen LogP contribution in [-0.4, -0.2) is 35.0 Å². The monoisotopic (exact) mass is 222 g/mol. The van der Waals surface area contributed by atoms with Gasteiger partial charge in [0.1, 0.15) is 6.04 Å². The minimum atomic E-state index is -4.93. The van der Waals surface area contributed by atoms with Crippen molar-refractivity contribution in [2.24, 2.45) is 11.7 Å². The zero-order valence-electron chi connectivity index (χ0n) is 7.62. The van der Waals surface area contributed by atoms with E-state index < -0.39 is 30.1 Å². The van der Waals surface area contributed by atoms with Gasteiger partial charge in [-0.2, -0.15) is 13.2 Å². The number of alkyl halides is 3. The summed E-state index contributed by atoms with van der Waals surface area (Å²) in [5.41, 5.74) is 4.95. The van der Waals surface area contributed by atoms with Crippen LogP contribution in [0.4, 0.5) is 13.2 Å². The number of hydrogen-bond donors (Lipinski definition) is 1. The molecule has 2 amide bonds. The molecule has 0 aromatic carbocycles.